The lowest BCUT2D eigenvalue weighted by molar-refractivity contribution is -0.143. The molecule has 14 heteroatoms. The molecule has 182 valence electrons. The number of nitrogens with one attached hydrogen (secondary N) is 3. The fourth-order valence-corrected chi connectivity index (χ4v) is 2.51. The normalized spacial score (nSPS) is 13.3. The van der Waals surface area contributed by atoms with Crippen LogP contribution in [0.5, 0.6) is 0 Å². The van der Waals surface area contributed by atoms with Crippen LogP contribution in [0.25, 0.3) is 0 Å². The number of unbranched alkanes of at least 4 members (excludes halogenated alkanes) is 1. The Balaban J connectivity index is 4.91. The van der Waals surface area contributed by atoms with Gasteiger partial charge in [0, 0.05) is 12.8 Å². The van der Waals surface area contributed by atoms with Crippen molar-refractivity contribution in [2.24, 2.45) is 11.5 Å². The van der Waals surface area contributed by atoms with Crippen molar-refractivity contribution in [3.05, 3.63) is 0 Å². The van der Waals surface area contributed by atoms with E-state index >= 15 is 0 Å². The molecule has 3 amide bonds. The van der Waals surface area contributed by atoms with Crippen molar-refractivity contribution < 1.29 is 44.1 Å². The van der Waals surface area contributed by atoms with E-state index < -0.39 is 66.7 Å². The van der Waals surface area contributed by atoms with Gasteiger partial charge in [0.05, 0.1) is 12.6 Å². The molecule has 0 heterocycles. The van der Waals surface area contributed by atoms with Gasteiger partial charge in [0.2, 0.25) is 17.7 Å². The summed E-state index contributed by atoms with van der Waals surface area (Å²) in [5.41, 5.74) is 10.9. The van der Waals surface area contributed by atoms with Gasteiger partial charge in [0.25, 0.3) is 0 Å². The first-order valence-corrected chi connectivity index (χ1v) is 9.97. The van der Waals surface area contributed by atoms with Crippen molar-refractivity contribution in [1.82, 2.24) is 16.0 Å². The predicted octanol–water partition coefficient (Wildman–Crippen LogP) is -2.66. The van der Waals surface area contributed by atoms with Gasteiger partial charge in [-0.1, -0.05) is 0 Å². The lowest BCUT2D eigenvalue weighted by Gasteiger charge is -2.21. The first-order chi connectivity index (χ1) is 15.0. The summed E-state index contributed by atoms with van der Waals surface area (Å²) in [7, 11) is 0. The minimum absolute atomic E-state index is 0.0994. The van der Waals surface area contributed by atoms with Gasteiger partial charge >= 0.3 is 17.9 Å². The third kappa shape index (κ3) is 13.1. The highest BCUT2D eigenvalue weighted by atomic mass is 16.4. The van der Waals surface area contributed by atoms with Gasteiger partial charge in [-0.25, -0.2) is 4.79 Å². The van der Waals surface area contributed by atoms with Crippen molar-refractivity contribution in [2.75, 3.05) is 13.1 Å². The highest BCUT2D eigenvalue weighted by Gasteiger charge is 2.27. The quantitative estimate of drug-likeness (QED) is 0.104. The number of carbonyl (C=O) groups excluding carboxylic acids is 3. The van der Waals surface area contributed by atoms with Gasteiger partial charge in [-0.3, -0.25) is 24.0 Å². The predicted molar refractivity (Wildman–Crippen MR) is 109 cm³/mol. The first kappa shape index (κ1) is 28.7. The number of carbonyl (C=O) groups is 6. The van der Waals surface area contributed by atoms with Crippen molar-refractivity contribution in [3.63, 3.8) is 0 Å². The smallest absolute Gasteiger partial charge is 0.326 e. The van der Waals surface area contributed by atoms with Gasteiger partial charge in [0.15, 0.2) is 0 Å². The Hall–Kier alpha value is -3.26. The number of hydrogen-bond donors (Lipinski definition) is 8. The highest BCUT2D eigenvalue weighted by Crippen LogP contribution is 2.04. The monoisotopic (exact) mass is 461 g/mol. The summed E-state index contributed by atoms with van der Waals surface area (Å²) in [5, 5.41) is 33.4. The molecule has 0 aliphatic rings. The maximum Gasteiger partial charge on any atom is 0.326 e. The minimum Gasteiger partial charge on any atom is -0.481 e. The van der Waals surface area contributed by atoms with Gasteiger partial charge in [-0.2, -0.15) is 0 Å². The molecule has 0 aliphatic carbocycles. The van der Waals surface area contributed by atoms with E-state index in [9.17, 15) is 33.9 Å². The molecule has 0 rings (SSSR count). The lowest BCUT2D eigenvalue weighted by atomic mass is 10.1. The Kier molecular flexibility index (Phi) is 13.9. The lowest BCUT2D eigenvalue weighted by Crippen LogP contribution is -2.53. The average molecular weight is 461 g/mol. The van der Waals surface area contributed by atoms with Gasteiger partial charge in [-0.05, 0) is 38.6 Å². The molecule has 0 saturated carbocycles. The molecule has 0 aromatic carbocycles. The molecule has 3 atom stereocenters. The fourth-order valence-electron chi connectivity index (χ4n) is 2.51. The molecule has 14 nitrogen and oxygen atoms in total. The van der Waals surface area contributed by atoms with Crippen LogP contribution in [0.1, 0.15) is 44.9 Å². The molecule has 32 heavy (non-hydrogen) atoms. The van der Waals surface area contributed by atoms with Crippen LogP contribution in [0.3, 0.4) is 0 Å². The topological polar surface area (TPSA) is 251 Å². The Morgan fingerprint density at radius 1 is 0.750 bits per heavy atom. The van der Waals surface area contributed by atoms with Crippen molar-refractivity contribution in [2.45, 2.75) is 63.1 Å². The van der Waals surface area contributed by atoms with Gasteiger partial charge in [0.1, 0.15) is 12.1 Å². The summed E-state index contributed by atoms with van der Waals surface area (Å²) < 4.78 is 0. The number of hydrogen-bond acceptors (Lipinski definition) is 8. The summed E-state index contributed by atoms with van der Waals surface area (Å²) >= 11 is 0. The fraction of sp³-hybridized carbons (Fsp3) is 0.667. The van der Waals surface area contributed by atoms with Crippen LogP contribution in [0, 0.1) is 0 Å². The number of rotatable bonds is 17. The SMILES string of the molecule is NCCCCC(NC(=O)C(CCC(=O)O)NC(=O)CNC(=O)C(N)CCC(=O)O)C(=O)O. The second-order valence-electron chi connectivity index (χ2n) is 6.99. The molecule has 0 saturated heterocycles. The zero-order chi connectivity index (χ0) is 24.7. The van der Waals surface area contributed by atoms with E-state index in [1.54, 1.807) is 0 Å². The molecule has 0 radical (unpaired) electrons. The average Bonchev–Trinajstić information content (AvgIpc) is 2.71. The van der Waals surface area contributed by atoms with Crippen LogP contribution in [0.4, 0.5) is 0 Å². The second-order valence-corrected chi connectivity index (χ2v) is 6.99. The molecule has 0 fully saturated rings. The Morgan fingerprint density at radius 3 is 1.88 bits per heavy atom. The third-order valence-electron chi connectivity index (χ3n) is 4.29. The van der Waals surface area contributed by atoms with E-state index in [-0.39, 0.29) is 25.7 Å². The second kappa shape index (κ2) is 15.5. The Bertz CT molecular complexity index is 686. The summed E-state index contributed by atoms with van der Waals surface area (Å²) in [6, 6.07) is -3.76. The molecular weight excluding hydrogens is 430 g/mol. The van der Waals surface area contributed by atoms with E-state index in [1.807, 2.05) is 0 Å². The largest absolute Gasteiger partial charge is 0.481 e. The van der Waals surface area contributed by atoms with Crippen LogP contribution < -0.4 is 27.4 Å². The zero-order valence-electron chi connectivity index (χ0n) is 17.5. The summed E-state index contributed by atoms with van der Waals surface area (Å²) in [5.74, 6) is -6.16. The van der Waals surface area contributed by atoms with E-state index in [0.29, 0.717) is 19.4 Å². The van der Waals surface area contributed by atoms with E-state index in [4.69, 9.17) is 21.7 Å². The molecule has 3 unspecified atom stereocenters. The number of amides is 3. The molecule has 0 aromatic rings. The molecular formula is C18H31N5O9. The highest BCUT2D eigenvalue weighted by molar-refractivity contribution is 5.92. The van der Waals surface area contributed by atoms with Crippen LogP contribution in [0.15, 0.2) is 0 Å². The summed E-state index contributed by atoms with van der Waals surface area (Å²) in [4.78, 5) is 69.1. The van der Waals surface area contributed by atoms with E-state index in [0.717, 1.165) is 0 Å². The number of carboxylic acids is 3. The minimum atomic E-state index is -1.35. The maximum absolute atomic E-state index is 12.5. The molecule has 0 bridgehead atoms. The summed E-state index contributed by atoms with van der Waals surface area (Å²) in [6.45, 7) is -0.251. The Labute approximate surface area is 184 Å². The van der Waals surface area contributed by atoms with Crippen LogP contribution in [-0.4, -0.2) is 82.2 Å². The molecule has 10 N–H and O–H groups in total. The first-order valence-electron chi connectivity index (χ1n) is 9.97. The van der Waals surface area contributed by atoms with Crippen molar-refractivity contribution in [1.29, 1.82) is 0 Å². The number of nitrogens with two attached hydrogens (primary N) is 2. The van der Waals surface area contributed by atoms with Crippen LogP contribution in [-0.2, 0) is 28.8 Å². The van der Waals surface area contributed by atoms with Gasteiger partial charge in [-0.15, -0.1) is 0 Å². The maximum atomic E-state index is 12.5. The van der Waals surface area contributed by atoms with E-state index in [1.165, 1.54) is 0 Å². The van der Waals surface area contributed by atoms with Crippen molar-refractivity contribution >= 4 is 35.6 Å². The third-order valence-corrected chi connectivity index (χ3v) is 4.29. The van der Waals surface area contributed by atoms with E-state index in [2.05, 4.69) is 16.0 Å². The molecule has 0 aliphatic heterocycles. The van der Waals surface area contributed by atoms with Crippen LogP contribution >= 0.6 is 0 Å². The summed E-state index contributed by atoms with van der Waals surface area (Å²) in [6.07, 6.45) is -0.186. The number of carboxylic acid groups (broad SMARTS) is 3. The Morgan fingerprint density at radius 2 is 1.34 bits per heavy atom. The molecule has 0 aromatic heterocycles. The zero-order valence-corrected chi connectivity index (χ0v) is 17.5. The van der Waals surface area contributed by atoms with Gasteiger partial charge < -0.3 is 42.7 Å². The van der Waals surface area contributed by atoms with Crippen LogP contribution in [0.2, 0.25) is 0 Å². The van der Waals surface area contributed by atoms with Crippen molar-refractivity contribution in [3.8, 4) is 0 Å². The molecule has 0 spiro atoms. The number of aliphatic carboxylic acids is 3. The standard InChI is InChI=1S/C18H31N5O9/c19-8-2-1-3-12(18(31)32)23-17(30)11(5-7-15(27)28)22-13(24)9-21-16(29)10(20)4-6-14(25)26/h10-12H,1-9,19-20H2,(H,21,29)(H,22,24)(H,23,30)(H,25,26)(H,27,28)(H,31,32).